The van der Waals surface area contributed by atoms with Gasteiger partial charge in [0.2, 0.25) is 5.91 Å². The first kappa shape index (κ1) is 14.7. The number of hydrogen-bond acceptors (Lipinski definition) is 2. The molecule has 1 aromatic rings. The van der Waals surface area contributed by atoms with Gasteiger partial charge in [-0.1, -0.05) is 27.5 Å². The van der Waals surface area contributed by atoms with Crippen molar-refractivity contribution in [3.8, 4) is 0 Å². The summed E-state index contributed by atoms with van der Waals surface area (Å²) >= 11 is 9.57. The average Bonchev–Trinajstić information content (AvgIpc) is 2.25. The van der Waals surface area contributed by atoms with Crippen LogP contribution in [-0.4, -0.2) is 36.0 Å². The van der Waals surface area contributed by atoms with Crippen LogP contribution in [0.2, 0.25) is 5.02 Å². The molecule has 0 unspecified atom stereocenters. The number of nitrogens with zero attached hydrogens (tertiary/aromatic N) is 2. The van der Waals surface area contributed by atoms with Crippen LogP contribution in [0.4, 0.5) is 5.69 Å². The lowest BCUT2D eigenvalue weighted by atomic mass is 10.1. The number of hydrogen-bond donors (Lipinski definition) is 0. The highest BCUT2D eigenvalue weighted by atomic mass is 79.9. The summed E-state index contributed by atoms with van der Waals surface area (Å²) in [4.78, 5) is 15.9. The van der Waals surface area contributed by atoms with Crippen molar-refractivity contribution in [3.63, 3.8) is 0 Å². The summed E-state index contributed by atoms with van der Waals surface area (Å²) in [6.45, 7) is 7.47. The number of carbonyl (C=O) groups excluding carboxylic acids is 1. The molecular formula is C14H18BrClN2O. The molecule has 1 aromatic carbocycles. The Morgan fingerprint density at radius 2 is 1.84 bits per heavy atom. The van der Waals surface area contributed by atoms with Gasteiger partial charge in [0.15, 0.2) is 0 Å². The minimum absolute atomic E-state index is 0.145. The number of anilines is 1. The number of piperazine rings is 1. The molecule has 19 heavy (non-hydrogen) atoms. The van der Waals surface area contributed by atoms with Gasteiger partial charge in [0.25, 0.3) is 0 Å². The lowest BCUT2D eigenvalue weighted by Gasteiger charge is -2.45. The van der Waals surface area contributed by atoms with Crippen molar-refractivity contribution < 1.29 is 4.79 Å². The molecule has 2 atom stereocenters. The van der Waals surface area contributed by atoms with Gasteiger partial charge in [0.05, 0.1) is 0 Å². The zero-order chi connectivity index (χ0) is 14.2. The van der Waals surface area contributed by atoms with Crippen LogP contribution in [0.15, 0.2) is 22.7 Å². The molecule has 0 aromatic heterocycles. The maximum atomic E-state index is 11.6. The van der Waals surface area contributed by atoms with E-state index < -0.39 is 0 Å². The Morgan fingerprint density at radius 3 is 2.32 bits per heavy atom. The number of halogens is 2. The second-order valence-electron chi connectivity index (χ2n) is 5.16. The van der Waals surface area contributed by atoms with E-state index in [0.717, 1.165) is 28.3 Å². The zero-order valence-corrected chi connectivity index (χ0v) is 13.7. The Labute approximate surface area is 127 Å². The predicted molar refractivity (Wildman–Crippen MR) is 82.8 cm³/mol. The third kappa shape index (κ3) is 3.23. The normalized spacial score (nSPS) is 23.6. The van der Waals surface area contributed by atoms with Crippen LogP contribution in [0.1, 0.15) is 20.8 Å². The molecule has 1 aliphatic rings. The Balaban J connectivity index is 2.22. The lowest BCUT2D eigenvalue weighted by molar-refractivity contribution is -0.133. The number of rotatable bonds is 1. The third-order valence-corrected chi connectivity index (χ3v) is 4.17. The highest BCUT2D eigenvalue weighted by Crippen LogP contribution is 2.28. The summed E-state index contributed by atoms with van der Waals surface area (Å²) in [5.74, 6) is 0.145. The van der Waals surface area contributed by atoms with Crippen LogP contribution < -0.4 is 4.90 Å². The molecule has 0 aliphatic carbocycles. The molecule has 0 radical (unpaired) electrons. The molecule has 2 rings (SSSR count). The van der Waals surface area contributed by atoms with E-state index in [1.54, 1.807) is 6.92 Å². The van der Waals surface area contributed by atoms with E-state index in [4.69, 9.17) is 11.6 Å². The SMILES string of the molecule is CC(=O)N1[C@H](C)CN(c2cc(Cl)cc(Br)c2)C[C@@H]1C. The zero-order valence-electron chi connectivity index (χ0n) is 11.4. The van der Waals surface area contributed by atoms with Crippen LogP contribution in [0, 0.1) is 0 Å². The highest BCUT2D eigenvalue weighted by molar-refractivity contribution is 9.10. The van der Waals surface area contributed by atoms with E-state index in [0.29, 0.717) is 0 Å². The first-order valence-electron chi connectivity index (χ1n) is 6.38. The molecule has 1 saturated heterocycles. The van der Waals surface area contributed by atoms with Crippen molar-refractivity contribution in [2.24, 2.45) is 0 Å². The van der Waals surface area contributed by atoms with E-state index in [1.807, 2.05) is 17.0 Å². The van der Waals surface area contributed by atoms with Gasteiger partial charge in [-0.3, -0.25) is 4.79 Å². The molecule has 0 spiro atoms. The van der Waals surface area contributed by atoms with Crippen molar-refractivity contribution in [3.05, 3.63) is 27.7 Å². The van der Waals surface area contributed by atoms with Crippen LogP contribution in [0.25, 0.3) is 0 Å². The molecular weight excluding hydrogens is 328 g/mol. The predicted octanol–water partition coefficient (Wildman–Crippen LogP) is 3.55. The average molecular weight is 346 g/mol. The first-order valence-corrected chi connectivity index (χ1v) is 7.55. The summed E-state index contributed by atoms with van der Waals surface area (Å²) in [5.41, 5.74) is 1.10. The fraction of sp³-hybridized carbons (Fsp3) is 0.500. The third-order valence-electron chi connectivity index (χ3n) is 3.50. The Hall–Kier alpha value is -0.740. The van der Waals surface area contributed by atoms with Gasteiger partial charge in [-0.05, 0) is 32.0 Å². The van der Waals surface area contributed by atoms with Crippen LogP contribution in [0.3, 0.4) is 0 Å². The van der Waals surface area contributed by atoms with Crippen LogP contribution >= 0.6 is 27.5 Å². The summed E-state index contributed by atoms with van der Waals surface area (Å²) in [7, 11) is 0. The van der Waals surface area contributed by atoms with Gasteiger partial charge < -0.3 is 9.80 Å². The van der Waals surface area contributed by atoms with Crippen molar-refractivity contribution in [1.29, 1.82) is 0 Å². The van der Waals surface area contributed by atoms with Gasteiger partial charge in [-0.15, -0.1) is 0 Å². The quantitative estimate of drug-likeness (QED) is 0.777. The van der Waals surface area contributed by atoms with Crippen molar-refractivity contribution in [2.75, 3.05) is 18.0 Å². The summed E-state index contributed by atoms with van der Waals surface area (Å²) in [6, 6.07) is 6.33. The van der Waals surface area contributed by atoms with Crippen LogP contribution in [0.5, 0.6) is 0 Å². The summed E-state index contributed by atoms with van der Waals surface area (Å²) < 4.78 is 0.976. The largest absolute Gasteiger partial charge is 0.367 e. The van der Waals surface area contributed by atoms with Gasteiger partial charge in [0, 0.05) is 47.3 Å². The van der Waals surface area contributed by atoms with Crippen molar-refractivity contribution in [2.45, 2.75) is 32.9 Å². The van der Waals surface area contributed by atoms with Gasteiger partial charge in [-0.25, -0.2) is 0 Å². The Morgan fingerprint density at radius 1 is 1.26 bits per heavy atom. The van der Waals surface area contributed by atoms with E-state index >= 15 is 0 Å². The van der Waals surface area contributed by atoms with E-state index in [2.05, 4.69) is 40.7 Å². The standard InChI is InChI=1S/C14H18BrClN2O/c1-9-7-17(8-10(2)18(9)11(3)19)14-5-12(15)4-13(16)6-14/h4-6,9-10H,7-8H2,1-3H3/t9-,10+. The van der Waals surface area contributed by atoms with Gasteiger partial charge >= 0.3 is 0 Å². The fourth-order valence-corrected chi connectivity index (χ4v) is 3.72. The number of benzene rings is 1. The maximum Gasteiger partial charge on any atom is 0.220 e. The number of carbonyl (C=O) groups is 1. The van der Waals surface area contributed by atoms with E-state index in [9.17, 15) is 4.79 Å². The molecule has 0 bridgehead atoms. The molecule has 1 fully saturated rings. The topological polar surface area (TPSA) is 23.6 Å². The maximum absolute atomic E-state index is 11.6. The molecule has 0 N–H and O–H groups in total. The minimum atomic E-state index is 0.145. The smallest absolute Gasteiger partial charge is 0.220 e. The highest BCUT2D eigenvalue weighted by Gasteiger charge is 2.31. The molecule has 0 saturated carbocycles. The summed E-state index contributed by atoms with van der Waals surface area (Å²) in [6.07, 6.45) is 0. The van der Waals surface area contributed by atoms with Crippen molar-refractivity contribution >= 4 is 39.1 Å². The lowest BCUT2D eigenvalue weighted by Crippen LogP contribution is -2.58. The Kier molecular flexibility index (Phi) is 4.41. The first-order chi connectivity index (χ1) is 8.88. The van der Waals surface area contributed by atoms with E-state index in [-0.39, 0.29) is 18.0 Å². The minimum Gasteiger partial charge on any atom is -0.367 e. The monoisotopic (exact) mass is 344 g/mol. The summed E-state index contributed by atoms with van der Waals surface area (Å²) in [5, 5.41) is 0.721. The second kappa shape index (κ2) is 5.71. The second-order valence-corrected chi connectivity index (χ2v) is 6.51. The molecule has 1 heterocycles. The molecule has 5 heteroatoms. The fourth-order valence-electron chi connectivity index (χ4n) is 2.88. The van der Waals surface area contributed by atoms with Crippen LogP contribution in [-0.2, 0) is 4.79 Å². The van der Waals surface area contributed by atoms with E-state index in [1.165, 1.54) is 0 Å². The molecule has 104 valence electrons. The van der Waals surface area contributed by atoms with Gasteiger partial charge in [0.1, 0.15) is 0 Å². The van der Waals surface area contributed by atoms with Gasteiger partial charge in [-0.2, -0.15) is 0 Å². The molecule has 1 aliphatic heterocycles. The Bertz CT molecular complexity index is 462. The molecule has 3 nitrogen and oxygen atoms in total. The number of amides is 1. The molecule has 1 amide bonds. The van der Waals surface area contributed by atoms with Crippen molar-refractivity contribution in [1.82, 2.24) is 4.90 Å².